The SMILES string of the molecule is Cc1ccc(Cl)cc1N=C1SC(CC(=O)Nc2cccc(Cl)c2C)C(=O)N1C. The van der Waals surface area contributed by atoms with Crippen LogP contribution in [0.3, 0.4) is 0 Å². The summed E-state index contributed by atoms with van der Waals surface area (Å²) in [6.45, 7) is 3.76. The molecule has 2 aromatic rings. The van der Waals surface area contributed by atoms with E-state index in [1.165, 1.54) is 16.7 Å². The smallest absolute Gasteiger partial charge is 0.242 e. The first-order chi connectivity index (χ1) is 13.3. The molecule has 5 nitrogen and oxygen atoms in total. The van der Waals surface area contributed by atoms with Crippen molar-refractivity contribution in [1.29, 1.82) is 0 Å². The molecule has 1 unspecified atom stereocenters. The molecule has 0 bridgehead atoms. The van der Waals surface area contributed by atoms with E-state index in [1.54, 1.807) is 37.4 Å². The van der Waals surface area contributed by atoms with Crippen LogP contribution in [0.1, 0.15) is 17.5 Å². The number of halogens is 2. The van der Waals surface area contributed by atoms with Crippen molar-refractivity contribution in [2.75, 3.05) is 12.4 Å². The van der Waals surface area contributed by atoms with Gasteiger partial charge in [-0.1, -0.05) is 47.1 Å². The normalized spacial score (nSPS) is 18.0. The average molecular weight is 436 g/mol. The molecule has 1 saturated heterocycles. The molecule has 1 fully saturated rings. The van der Waals surface area contributed by atoms with Gasteiger partial charge in [-0.3, -0.25) is 14.5 Å². The van der Waals surface area contributed by atoms with Crippen LogP contribution in [0.4, 0.5) is 11.4 Å². The predicted molar refractivity (Wildman–Crippen MR) is 117 cm³/mol. The number of carbonyl (C=O) groups is 2. The highest BCUT2D eigenvalue weighted by molar-refractivity contribution is 8.15. The lowest BCUT2D eigenvalue weighted by Gasteiger charge is -2.11. The van der Waals surface area contributed by atoms with Crippen molar-refractivity contribution in [3.63, 3.8) is 0 Å². The van der Waals surface area contributed by atoms with Gasteiger partial charge in [0.2, 0.25) is 11.8 Å². The van der Waals surface area contributed by atoms with E-state index >= 15 is 0 Å². The first kappa shape index (κ1) is 20.7. The molecule has 2 amide bonds. The van der Waals surface area contributed by atoms with Gasteiger partial charge in [0, 0.05) is 29.2 Å². The van der Waals surface area contributed by atoms with Gasteiger partial charge in [0.25, 0.3) is 0 Å². The highest BCUT2D eigenvalue weighted by Gasteiger charge is 2.37. The summed E-state index contributed by atoms with van der Waals surface area (Å²) in [5, 5.41) is 4.01. The number of carbonyl (C=O) groups excluding carboxylic acids is 2. The second kappa shape index (κ2) is 8.55. The summed E-state index contributed by atoms with van der Waals surface area (Å²) in [5.74, 6) is -0.397. The van der Waals surface area contributed by atoms with E-state index in [4.69, 9.17) is 23.2 Å². The Bertz CT molecular complexity index is 978. The van der Waals surface area contributed by atoms with Crippen molar-refractivity contribution in [2.24, 2.45) is 4.99 Å². The number of aryl methyl sites for hydroxylation is 1. The molecule has 1 atom stereocenters. The van der Waals surface area contributed by atoms with Crippen molar-refractivity contribution < 1.29 is 9.59 Å². The predicted octanol–water partition coefficient (Wildman–Crippen LogP) is 5.20. The zero-order valence-corrected chi connectivity index (χ0v) is 18.0. The fourth-order valence-electron chi connectivity index (χ4n) is 2.72. The van der Waals surface area contributed by atoms with Crippen LogP contribution in [0.15, 0.2) is 41.4 Å². The van der Waals surface area contributed by atoms with Crippen molar-refractivity contribution in [1.82, 2.24) is 4.90 Å². The molecular formula is C20H19Cl2N3O2S. The average Bonchev–Trinajstić information content (AvgIpc) is 2.90. The fraction of sp³-hybridized carbons (Fsp3) is 0.250. The largest absolute Gasteiger partial charge is 0.326 e. The van der Waals surface area contributed by atoms with Crippen LogP contribution in [0, 0.1) is 13.8 Å². The van der Waals surface area contributed by atoms with Crippen molar-refractivity contribution in [3.05, 3.63) is 57.6 Å². The fourth-order valence-corrected chi connectivity index (χ4v) is 4.20. The van der Waals surface area contributed by atoms with Crippen LogP contribution in [-0.4, -0.2) is 34.2 Å². The Morgan fingerprint density at radius 3 is 2.75 bits per heavy atom. The highest BCUT2D eigenvalue weighted by atomic mass is 35.5. The van der Waals surface area contributed by atoms with Crippen LogP contribution in [0.25, 0.3) is 0 Å². The van der Waals surface area contributed by atoms with Gasteiger partial charge in [-0.25, -0.2) is 4.99 Å². The van der Waals surface area contributed by atoms with Crippen molar-refractivity contribution in [3.8, 4) is 0 Å². The van der Waals surface area contributed by atoms with Gasteiger partial charge in [-0.2, -0.15) is 0 Å². The molecule has 28 heavy (non-hydrogen) atoms. The number of thioether (sulfide) groups is 1. The van der Waals surface area contributed by atoms with Gasteiger partial charge < -0.3 is 5.32 Å². The number of rotatable bonds is 4. The Morgan fingerprint density at radius 2 is 2.00 bits per heavy atom. The highest BCUT2D eigenvalue weighted by Crippen LogP contribution is 2.33. The lowest BCUT2D eigenvalue weighted by molar-refractivity contribution is -0.127. The summed E-state index contributed by atoms with van der Waals surface area (Å²) in [7, 11) is 1.66. The monoisotopic (exact) mass is 435 g/mol. The van der Waals surface area contributed by atoms with E-state index in [9.17, 15) is 9.59 Å². The molecule has 0 radical (unpaired) electrons. The molecule has 3 rings (SSSR count). The van der Waals surface area contributed by atoms with Crippen LogP contribution in [-0.2, 0) is 9.59 Å². The number of benzene rings is 2. The minimum absolute atomic E-state index is 0.0489. The molecule has 0 spiro atoms. The number of anilines is 1. The number of nitrogens with one attached hydrogen (secondary N) is 1. The number of aliphatic imine (C=N–C) groups is 1. The van der Waals surface area contributed by atoms with Crippen LogP contribution >= 0.6 is 35.0 Å². The second-order valence-corrected chi connectivity index (χ2v) is 8.51. The quantitative estimate of drug-likeness (QED) is 0.717. The molecule has 146 valence electrons. The third-order valence-corrected chi connectivity index (χ3v) is 6.31. The summed E-state index contributed by atoms with van der Waals surface area (Å²) >= 11 is 13.4. The zero-order chi connectivity index (χ0) is 20.4. The molecule has 0 saturated carbocycles. The molecule has 2 aromatic carbocycles. The van der Waals surface area contributed by atoms with E-state index in [1.807, 2.05) is 19.9 Å². The number of amidine groups is 1. The number of nitrogens with zero attached hydrogens (tertiary/aromatic N) is 2. The molecule has 1 aliphatic rings. The topological polar surface area (TPSA) is 61.8 Å². The summed E-state index contributed by atoms with van der Waals surface area (Å²) in [4.78, 5) is 31.1. The Hall–Kier alpha value is -2.02. The Kier molecular flexibility index (Phi) is 6.33. The van der Waals surface area contributed by atoms with Crippen molar-refractivity contribution >= 4 is 63.3 Å². The number of amides is 2. The maximum Gasteiger partial charge on any atom is 0.242 e. The lowest BCUT2D eigenvalue weighted by atomic mass is 10.2. The molecule has 0 aromatic heterocycles. The van der Waals surface area contributed by atoms with Crippen LogP contribution < -0.4 is 5.32 Å². The third kappa shape index (κ3) is 4.51. The van der Waals surface area contributed by atoms with Crippen LogP contribution in [0.5, 0.6) is 0 Å². The molecule has 8 heteroatoms. The minimum Gasteiger partial charge on any atom is -0.326 e. The Morgan fingerprint density at radius 1 is 1.25 bits per heavy atom. The van der Waals surface area contributed by atoms with Gasteiger partial charge in [-0.15, -0.1) is 0 Å². The van der Waals surface area contributed by atoms with Gasteiger partial charge >= 0.3 is 0 Å². The number of hydrogen-bond acceptors (Lipinski definition) is 4. The van der Waals surface area contributed by atoms with Gasteiger partial charge in [0.1, 0.15) is 5.25 Å². The Balaban J connectivity index is 1.73. The maximum absolute atomic E-state index is 12.6. The molecule has 1 N–H and O–H groups in total. The Labute approximate surface area is 178 Å². The van der Waals surface area contributed by atoms with E-state index in [2.05, 4.69) is 10.3 Å². The lowest BCUT2D eigenvalue weighted by Crippen LogP contribution is -2.30. The number of hydrogen-bond donors (Lipinski definition) is 1. The zero-order valence-electron chi connectivity index (χ0n) is 15.6. The van der Waals surface area contributed by atoms with Gasteiger partial charge in [0.15, 0.2) is 5.17 Å². The van der Waals surface area contributed by atoms with Crippen LogP contribution in [0.2, 0.25) is 10.0 Å². The molecule has 0 aliphatic carbocycles. The van der Waals surface area contributed by atoms with E-state index in [-0.39, 0.29) is 18.2 Å². The van der Waals surface area contributed by atoms with E-state index in [0.29, 0.717) is 26.6 Å². The molecular weight excluding hydrogens is 417 g/mol. The molecule has 1 aliphatic heterocycles. The van der Waals surface area contributed by atoms with Gasteiger partial charge in [0.05, 0.1) is 5.69 Å². The molecule has 1 heterocycles. The summed E-state index contributed by atoms with van der Waals surface area (Å²) in [6.07, 6.45) is 0.0489. The van der Waals surface area contributed by atoms with Gasteiger partial charge in [-0.05, 0) is 49.2 Å². The first-order valence-corrected chi connectivity index (χ1v) is 10.2. The first-order valence-electron chi connectivity index (χ1n) is 8.60. The second-order valence-electron chi connectivity index (χ2n) is 6.49. The standard InChI is InChI=1S/C20H19Cl2N3O2S/c1-11-7-8-13(21)9-16(11)24-20-25(3)19(27)17(28-20)10-18(26)23-15-6-4-5-14(22)12(15)2/h4-9,17H,10H2,1-3H3,(H,23,26). The summed E-state index contributed by atoms with van der Waals surface area (Å²) in [6, 6.07) is 10.7. The third-order valence-electron chi connectivity index (χ3n) is 4.44. The van der Waals surface area contributed by atoms with E-state index < -0.39 is 5.25 Å². The minimum atomic E-state index is -0.525. The van der Waals surface area contributed by atoms with Crippen molar-refractivity contribution in [2.45, 2.75) is 25.5 Å². The summed E-state index contributed by atoms with van der Waals surface area (Å²) in [5.41, 5.74) is 3.09. The van der Waals surface area contributed by atoms with E-state index in [0.717, 1.165) is 11.1 Å². The maximum atomic E-state index is 12.6. The summed E-state index contributed by atoms with van der Waals surface area (Å²) < 4.78 is 0.